The van der Waals surface area contributed by atoms with Gasteiger partial charge in [0.15, 0.2) is 0 Å². The van der Waals surface area contributed by atoms with Crippen LogP contribution >= 0.6 is 23.4 Å². The summed E-state index contributed by atoms with van der Waals surface area (Å²) >= 11 is 8.09. The van der Waals surface area contributed by atoms with Crippen LogP contribution < -0.4 is 5.32 Å². The van der Waals surface area contributed by atoms with Crippen LogP contribution in [0.1, 0.15) is 48.1 Å². The van der Waals surface area contributed by atoms with E-state index in [2.05, 4.69) is 30.4 Å². The van der Waals surface area contributed by atoms with E-state index in [1.165, 1.54) is 16.0 Å². The highest BCUT2D eigenvalue weighted by Crippen LogP contribution is 2.38. The lowest BCUT2D eigenvalue weighted by Crippen LogP contribution is -2.27. The molecule has 0 bridgehead atoms. The van der Waals surface area contributed by atoms with E-state index < -0.39 is 0 Å². The second-order valence-corrected chi connectivity index (χ2v) is 7.20. The van der Waals surface area contributed by atoms with Gasteiger partial charge >= 0.3 is 0 Å². The summed E-state index contributed by atoms with van der Waals surface area (Å²) in [5.41, 5.74) is 2.57. The zero-order chi connectivity index (χ0) is 15.0. The summed E-state index contributed by atoms with van der Waals surface area (Å²) < 4.78 is 5.65. The minimum atomic E-state index is 0.266. The summed E-state index contributed by atoms with van der Waals surface area (Å²) in [4.78, 5) is 1.34. The Kier molecular flexibility index (Phi) is 4.34. The number of hydrogen-bond donors (Lipinski definition) is 1. The van der Waals surface area contributed by atoms with E-state index in [0.29, 0.717) is 6.04 Å². The first-order chi connectivity index (χ1) is 10.0. The molecule has 0 radical (unpaired) electrons. The molecular weight excluding hydrogens is 302 g/mol. The molecule has 1 aromatic heterocycles. The molecule has 0 aliphatic carbocycles. The number of fused-ring (bicyclic) bond motifs is 1. The zero-order valence-corrected chi connectivity index (χ0v) is 14.1. The largest absolute Gasteiger partial charge is 0.466 e. The van der Waals surface area contributed by atoms with Crippen molar-refractivity contribution in [1.29, 1.82) is 0 Å². The maximum absolute atomic E-state index is 6.17. The van der Waals surface area contributed by atoms with Crippen molar-refractivity contribution in [3.8, 4) is 0 Å². The molecule has 0 amide bonds. The molecule has 112 valence electrons. The minimum Gasteiger partial charge on any atom is -0.466 e. The van der Waals surface area contributed by atoms with Gasteiger partial charge in [0.2, 0.25) is 0 Å². The van der Waals surface area contributed by atoms with Gasteiger partial charge in [-0.15, -0.1) is 11.8 Å². The summed E-state index contributed by atoms with van der Waals surface area (Å²) in [7, 11) is 0. The predicted octanol–water partition coefficient (Wildman–Crippen LogP) is 5.44. The molecule has 2 atom stereocenters. The van der Waals surface area contributed by atoms with E-state index in [-0.39, 0.29) is 6.04 Å². The monoisotopic (exact) mass is 321 g/mol. The Morgan fingerprint density at radius 3 is 2.86 bits per heavy atom. The van der Waals surface area contributed by atoms with Gasteiger partial charge < -0.3 is 9.73 Å². The Morgan fingerprint density at radius 2 is 2.14 bits per heavy atom. The molecule has 21 heavy (non-hydrogen) atoms. The van der Waals surface area contributed by atoms with E-state index in [1.54, 1.807) is 0 Å². The van der Waals surface area contributed by atoms with Crippen molar-refractivity contribution in [2.75, 3.05) is 5.75 Å². The highest BCUT2D eigenvalue weighted by molar-refractivity contribution is 7.99. The predicted molar refractivity (Wildman–Crippen MR) is 89.3 cm³/mol. The van der Waals surface area contributed by atoms with Crippen molar-refractivity contribution in [2.24, 2.45) is 0 Å². The summed E-state index contributed by atoms with van der Waals surface area (Å²) in [5.74, 6) is 3.12. The zero-order valence-electron chi connectivity index (χ0n) is 12.6. The van der Waals surface area contributed by atoms with Gasteiger partial charge in [-0.05, 0) is 62.8 Å². The molecule has 0 spiro atoms. The first-order valence-corrected chi connectivity index (χ1v) is 8.66. The molecule has 2 nitrogen and oxygen atoms in total. The summed E-state index contributed by atoms with van der Waals surface area (Å²) in [5, 5.41) is 4.55. The van der Waals surface area contributed by atoms with E-state index in [9.17, 15) is 0 Å². The van der Waals surface area contributed by atoms with Crippen molar-refractivity contribution >= 4 is 23.4 Å². The third-order valence-electron chi connectivity index (χ3n) is 4.01. The first kappa shape index (κ1) is 15.0. The minimum absolute atomic E-state index is 0.266. The van der Waals surface area contributed by atoms with Gasteiger partial charge in [0.05, 0.1) is 0 Å². The normalized spacial score (nSPS) is 19.3. The fourth-order valence-electron chi connectivity index (χ4n) is 3.01. The average Bonchev–Trinajstić information content (AvgIpc) is 2.78. The first-order valence-electron chi connectivity index (χ1n) is 7.30. The molecule has 1 aromatic carbocycles. The second-order valence-electron chi connectivity index (χ2n) is 5.63. The molecular formula is C17H20ClNOS. The molecule has 1 aliphatic rings. The van der Waals surface area contributed by atoms with Gasteiger partial charge in [0, 0.05) is 27.6 Å². The maximum atomic E-state index is 6.17. The highest BCUT2D eigenvalue weighted by Gasteiger charge is 2.24. The molecule has 1 N–H and O–H groups in total. The van der Waals surface area contributed by atoms with E-state index in [4.69, 9.17) is 16.0 Å². The van der Waals surface area contributed by atoms with Crippen molar-refractivity contribution in [3.05, 3.63) is 51.9 Å². The van der Waals surface area contributed by atoms with Gasteiger partial charge in [0.25, 0.3) is 0 Å². The molecule has 3 rings (SSSR count). The van der Waals surface area contributed by atoms with E-state index in [0.717, 1.165) is 28.7 Å². The van der Waals surface area contributed by atoms with Crippen LogP contribution in [0.3, 0.4) is 0 Å². The average molecular weight is 322 g/mol. The lowest BCUT2D eigenvalue weighted by molar-refractivity contribution is 0.439. The Morgan fingerprint density at radius 1 is 1.33 bits per heavy atom. The molecule has 2 aromatic rings. The van der Waals surface area contributed by atoms with Crippen LogP contribution in [0.25, 0.3) is 0 Å². The standard InChI is InChI=1S/C17H20ClNOS/c1-10-8-14(12(3)20-10)11(2)19-16-6-7-21-17-5-4-13(18)9-15(16)17/h4-5,8-9,11,16,19H,6-7H2,1-3H3. The van der Waals surface area contributed by atoms with Crippen molar-refractivity contribution in [3.63, 3.8) is 0 Å². The highest BCUT2D eigenvalue weighted by atomic mass is 35.5. The number of benzene rings is 1. The summed E-state index contributed by atoms with van der Waals surface area (Å²) in [6.45, 7) is 6.22. The van der Waals surface area contributed by atoms with Crippen LogP contribution in [0.5, 0.6) is 0 Å². The molecule has 0 saturated heterocycles. The number of thioether (sulfide) groups is 1. The van der Waals surface area contributed by atoms with Gasteiger partial charge in [-0.25, -0.2) is 0 Å². The second kappa shape index (κ2) is 6.07. The molecule has 0 saturated carbocycles. The Balaban J connectivity index is 1.83. The fourth-order valence-corrected chi connectivity index (χ4v) is 4.30. The van der Waals surface area contributed by atoms with Crippen molar-refractivity contribution in [2.45, 2.75) is 44.2 Å². The van der Waals surface area contributed by atoms with Crippen LogP contribution in [0, 0.1) is 13.8 Å². The molecule has 2 heterocycles. The van der Waals surface area contributed by atoms with Gasteiger partial charge in [-0.2, -0.15) is 0 Å². The Hall–Kier alpha value is -0.900. The number of aryl methyl sites for hydroxylation is 2. The third kappa shape index (κ3) is 3.15. The SMILES string of the molecule is Cc1cc(C(C)NC2CCSc3ccc(Cl)cc32)c(C)o1. The number of rotatable bonds is 3. The molecule has 1 aliphatic heterocycles. The van der Waals surface area contributed by atoms with Crippen molar-refractivity contribution in [1.82, 2.24) is 5.32 Å². The van der Waals surface area contributed by atoms with E-state index in [1.807, 2.05) is 31.7 Å². The smallest absolute Gasteiger partial charge is 0.105 e. The van der Waals surface area contributed by atoms with Crippen LogP contribution in [-0.4, -0.2) is 5.75 Å². The van der Waals surface area contributed by atoms with Crippen LogP contribution in [0.2, 0.25) is 5.02 Å². The quantitative estimate of drug-likeness (QED) is 0.815. The van der Waals surface area contributed by atoms with Crippen LogP contribution in [0.4, 0.5) is 0 Å². The third-order valence-corrected chi connectivity index (χ3v) is 5.37. The van der Waals surface area contributed by atoms with Crippen molar-refractivity contribution < 1.29 is 4.42 Å². The maximum Gasteiger partial charge on any atom is 0.105 e. The van der Waals surface area contributed by atoms with Crippen LogP contribution in [-0.2, 0) is 0 Å². The Labute approximate surface area is 135 Å². The summed E-state index contributed by atoms with van der Waals surface area (Å²) in [6.07, 6.45) is 1.12. The van der Waals surface area contributed by atoms with Gasteiger partial charge in [-0.1, -0.05) is 11.6 Å². The van der Waals surface area contributed by atoms with Gasteiger partial charge in [-0.3, -0.25) is 0 Å². The number of halogens is 1. The summed E-state index contributed by atoms with van der Waals surface area (Å²) in [6, 6.07) is 8.95. The number of nitrogens with one attached hydrogen (secondary N) is 1. The number of furan rings is 1. The topological polar surface area (TPSA) is 25.2 Å². The van der Waals surface area contributed by atoms with E-state index >= 15 is 0 Å². The Bertz CT molecular complexity index is 652. The molecule has 0 fully saturated rings. The fraction of sp³-hybridized carbons (Fsp3) is 0.412. The number of hydrogen-bond acceptors (Lipinski definition) is 3. The lowest BCUT2D eigenvalue weighted by Gasteiger charge is -2.29. The lowest BCUT2D eigenvalue weighted by atomic mass is 10.0. The van der Waals surface area contributed by atoms with Crippen LogP contribution in [0.15, 0.2) is 33.6 Å². The molecule has 2 unspecified atom stereocenters. The molecule has 4 heteroatoms. The van der Waals surface area contributed by atoms with Gasteiger partial charge in [0.1, 0.15) is 11.5 Å².